The van der Waals surface area contributed by atoms with Crippen molar-refractivity contribution in [3.63, 3.8) is 0 Å². The van der Waals surface area contributed by atoms with E-state index in [1.165, 1.54) is 19.3 Å². The number of aromatic hydroxyl groups is 1. The molecule has 4 unspecified atom stereocenters. The van der Waals surface area contributed by atoms with E-state index in [0.29, 0.717) is 23.7 Å². The van der Waals surface area contributed by atoms with Crippen molar-refractivity contribution in [2.45, 2.75) is 25.3 Å². The monoisotopic (exact) mass is 279 g/mol. The average Bonchev–Trinajstić information content (AvgIpc) is 2.82. The zero-order chi connectivity index (χ0) is 14.0. The van der Waals surface area contributed by atoms with Crippen LogP contribution in [-0.4, -0.2) is 17.1 Å². The highest BCUT2D eigenvalue weighted by Crippen LogP contribution is 2.65. The Morgan fingerprint density at radius 1 is 1.20 bits per heavy atom. The van der Waals surface area contributed by atoms with Crippen molar-refractivity contribution in [3.05, 3.63) is 29.3 Å². The van der Waals surface area contributed by atoms with Crippen molar-refractivity contribution in [2.75, 3.05) is 0 Å². The van der Waals surface area contributed by atoms with Crippen LogP contribution in [0.15, 0.2) is 12.1 Å². The first-order valence-corrected chi connectivity index (χ1v) is 7.05. The molecule has 0 radical (unpaired) electrons. The molecule has 2 bridgehead atoms. The van der Waals surface area contributed by atoms with Crippen LogP contribution < -0.4 is 5.32 Å². The minimum Gasteiger partial charge on any atom is -0.505 e. The zero-order valence-corrected chi connectivity index (χ0v) is 10.8. The molecule has 1 aromatic rings. The third-order valence-corrected chi connectivity index (χ3v) is 5.33. The van der Waals surface area contributed by atoms with Gasteiger partial charge in [-0.25, -0.2) is 8.78 Å². The van der Waals surface area contributed by atoms with Crippen molar-refractivity contribution < 1.29 is 18.7 Å². The van der Waals surface area contributed by atoms with E-state index in [-0.39, 0.29) is 6.04 Å². The Balaban J connectivity index is 1.54. The van der Waals surface area contributed by atoms with Crippen LogP contribution in [-0.2, 0) is 0 Å². The lowest BCUT2D eigenvalue weighted by Crippen LogP contribution is -2.31. The van der Waals surface area contributed by atoms with E-state index in [0.717, 1.165) is 12.1 Å². The predicted molar refractivity (Wildman–Crippen MR) is 67.1 cm³/mol. The van der Waals surface area contributed by atoms with Gasteiger partial charge in [0.25, 0.3) is 5.91 Å². The lowest BCUT2D eigenvalue weighted by atomic mass is 10.0. The molecular weight excluding hydrogens is 264 g/mol. The summed E-state index contributed by atoms with van der Waals surface area (Å²) in [5, 5.41) is 12.0. The van der Waals surface area contributed by atoms with Crippen molar-refractivity contribution in [2.24, 2.45) is 23.7 Å². The zero-order valence-electron chi connectivity index (χ0n) is 10.8. The van der Waals surface area contributed by atoms with Crippen LogP contribution in [0.5, 0.6) is 5.75 Å². The highest BCUT2D eigenvalue weighted by atomic mass is 19.1. The van der Waals surface area contributed by atoms with Gasteiger partial charge in [-0.2, -0.15) is 0 Å². The first-order chi connectivity index (χ1) is 9.58. The number of nitrogens with one attached hydrogen (secondary N) is 1. The van der Waals surface area contributed by atoms with Gasteiger partial charge in [0.05, 0.1) is 0 Å². The minimum absolute atomic E-state index is 0.0647. The van der Waals surface area contributed by atoms with E-state index in [9.17, 15) is 18.7 Å². The Bertz CT molecular complexity index is 588. The molecule has 4 rings (SSSR count). The molecule has 106 valence electrons. The molecule has 0 spiro atoms. The third kappa shape index (κ3) is 1.52. The molecule has 0 saturated heterocycles. The Labute approximate surface area is 115 Å². The first-order valence-electron chi connectivity index (χ1n) is 7.05. The molecule has 3 saturated carbocycles. The summed E-state index contributed by atoms with van der Waals surface area (Å²) in [6.45, 7) is 0. The summed E-state index contributed by atoms with van der Waals surface area (Å²) >= 11 is 0. The van der Waals surface area contributed by atoms with E-state index in [2.05, 4.69) is 5.32 Å². The molecule has 20 heavy (non-hydrogen) atoms. The number of hydrogen-bond donors (Lipinski definition) is 2. The summed E-state index contributed by atoms with van der Waals surface area (Å²) in [7, 11) is 0. The number of fused-ring (bicyclic) bond motifs is 5. The maximum atomic E-state index is 13.7. The Morgan fingerprint density at radius 2 is 1.85 bits per heavy atom. The second kappa shape index (κ2) is 3.93. The molecule has 4 atom stereocenters. The summed E-state index contributed by atoms with van der Waals surface area (Å²) in [6, 6.07) is 1.88. The molecule has 3 aliphatic rings. The fourth-order valence-corrected chi connectivity index (χ4v) is 4.49. The molecule has 0 heterocycles. The Hall–Kier alpha value is -1.65. The molecule has 5 heteroatoms. The number of phenols is 1. The number of carbonyl (C=O) groups is 1. The van der Waals surface area contributed by atoms with Gasteiger partial charge in [0.2, 0.25) is 0 Å². The van der Waals surface area contributed by atoms with E-state index in [1.54, 1.807) is 0 Å². The van der Waals surface area contributed by atoms with Crippen LogP contribution in [0, 0.1) is 35.3 Å². The molecule has 3 fully saturated rings. The molecule has 1 aromatic carbocycles. The number of phenolic OH excluding ortho intramolecular Hbond substituents is 1. The summed E-state index contributed by atoms with van der Waals surface area (Å²) in [5.74, 6) is -1.23. The standard InChI is InChI=1S/C15H15F2NO2/c16-8-3-4-9(19)13(17)12(8)15(20)18-14-10-6-1-2-7(5-6)11(10)14/h3-4,6-7,10-11,14,19H,1-2,5H2,(H,18,20). The van der Waals surface area contributed by atoms with Gasteiger partial charge in [-0.05, 0) is 55.1 Å². The van der Waals surface area contributed by atoms with E-state index in [4.69, 9.17) is 0 Å². The van der Waals surface area contributed by atoms with Crippen molar-refractivity contribution >= 4 is 5.91 Å². The van der Waals surface area contributed by atoms with E-state index in [1.807, 2.05) is 0 Å². The summed E-state index contributed by atoms with van der Waals surface area (Å²) in [5.41, 5.74) is -0.678. The van der Waals surface area contributed by atoms with Crippen LogP contribution in [0.4, 0.5) is 8.78 Å². The van der Waals surface area contributed by atoms with Crippen LogP contribution in [0.2, 0.25) is 0 Å². The smallest absolute Gasteiger partial charge is 0.257 e. The van der Waals surface area contributed by atoms with Gasteiger partial charge in [0.1, 0.15) is 11.4 Å². The summed E-state index contributed by atoms with van der Waals surface area (Å²) in [4.78, 5) is 12.1. The lowest BCUT2D eigenvalue weighted by molar-refractivity contribution is 0.0935. The van der Waals surface area contributed by atoms with E-state index < -0.39 is 28.9 Å². The number of benzene rings is 1. The lowest BCUT2D eigenvalue weighted by Gasteiger charge is -2.12. The van der Waals surface area contributed by atoms with Gasteiger partial charge in [-0.3, -0.25) is 4.79 Å². The second-order valence-corrected chi connectivity index (χ2v) is 6.24. The number of hydrogen-bond acceptors (Lipinski definition) is 2. The molecule has 0 aliphatic heterocycles. The molecule has 3 aliphatic carbocycles. The number of amides is 1. The summed E-state index contributed by atoms with van der Waals surface area (Å²) < 4.78 is 27.3. The third-order valence-electron chi connectivity index (χ3n) is 5.33. The molecule has 0 aromatic heterocycles. The van der Waals surface area contributed by atoms with Gasteiger partial charge in [0, 0.05) is 6.04 Å². The first kappa shape index (κ1) is 12.1. The quantitative estimate of drug-likeness (QED) is 0.873. The fraction of sp³-hybridized carbons (Fsp3) is 0.533. The van der Waals surface area contributed by atoms with Crippen LogP contribution in [0.3, 0.4) is 0 Å². The normalized spacial score (nSPS) is 36.8. The van der Waals surface area contributed by atoms with Gasteiger partial charge < -0.3 is 10.4 Å². The van der Waals surface area contributed by atoms with Crippen molar-refractivity contribution in [1.29, 1.82) is 0 Å². The number of carbonyl (C=O) groups excluding carboxylic acids is 1. The van der Waals surface area contributed by atoms with Gasteiger partial charge >= 0.3 is 0 Å². The van der Waals surface area contributed by atoms with Crippen LogP contribution in [0.25, 0.3) is 0 Å². The highest BCUT2D eigenvalue weighted by Gasteiger charge is 2.65. The maximum Gasteiger partial charge on any atom is 0.257 e. The Kier molecular flexibility index (Phi) is 2.38. The van der Waals surface area contributed by atoms with E-state index >= 15 is 0 Å². The molecular formula is C15H15F2NO2. The van der Waals surface area contributed by atoms with Crippen molar-refractivity contribution in [1.82, 2.24) is 5.32 Å². The average molecular weight is 279 g/mol. The van der Waals surface area contributed by atoms with Crippen LogP contribution >= 0.6 is 0 Å². The largest absolute Gasteiger partial charge is 0.505 e. The second-order valence-electron chi connectivity index (χ2n) is 6.24. The molecule has 2 N–H and O–H groups in total. The number of rotatable bonds is 2. The summed E-state index contributed by atoms with van der Waals surface area (Å²) in [6.07, 6.45) is 3.68. The highest BCUT2D eigenvalue weighted by molar-refractivity contribution is 5.95. The van der Waals surface area contributed by atoms with Gasteiger partial charge in [-0.1, -0.05) is 0 Å². The van der Waals surface area contributed by atoms with Gasteiger partial charge in [-0.15, -0.1) is 0 Å². The fourth-order valence-electron chi connectivity index (χ4n) is 4.49. The number of halogens is 2. The topological polar surface area (TPSA) is 49.3 Å². The molecule has 3 nitrogen and oxygen atoms in total. The Morgan fingerprint density at radius 3 is 2.50 bits per heavy atom. The maximum absolute atomic E-state index is 13.7. The molecule has 1 amide bonds. The van der Waals surface area contributed by atoms with Gasteiger partial charge in [0.15, 0.2) is 11.6 Å². The predicted octanol–water partition coefficient (Wildman–Crippen LogP) is 2.44. The van der Waals surface area contributed by atoms with Crippen molar-refractivity contribution in [3.8, 4) is 5.75 Å². The SMILES string of the molecule is O=C(NC1C2C3CCC(C3)C12)c1c(F)ccc(O)c1F. The minimum atomic E-state index is -1.18. The van der Waals surface area contributed by atoms with Crippen LogP contribution in [0.1, 0.15) is 29.6 Å².